The maximum atomic E-state index is 13.9. The predicted molar refractivity (Wildman–Crippen MR) is 146 cm³/mol. The van der Waals surface area contributed by atoms with E-state index in [-0.39, 0.29) is 23.5 Å². The number of hydrogen-bond donors (Lipinski definition) is 1. The van der Waals surface area contributed by atoms with Crippen LogP contribution in [0.4, 0.5) is 4.39 Å². The molecule has 0 bridgehead atoms. The molecule has 4 nitrogen and oxygen atoms in total. The second-order valence-corrected chi connectivity index (χ2v) is 10.5. The lowest BCUT2D eigenvalue weighted by molar-refractivity contribution is -0.127. The summed E-state index contributed by atoms with van der Waals surface area (Å²) in [5, 5.41) is 3.76. The summed E-state index contributed by atoms with van der Waals surface area (Å²) in [4.78, 5) is 27.4. The minimum Gasteiger partial charge on any atom is -0.352 e. The van der Waals surface area contributed by atoms with Gasteiger partial charge in [-0.15, -0.1) is 0 Å². The molecular weight excluding hydrogens is 566 g/mol. The van der Waals surface area contributed by atoms with Gasteiger partial charge in [-0.3, -0.25) is 9.59 Å². The lowest BCUT2D eigenvalue weighted by Gasteiger charge is -2.31. The number of likely N-dealkylation sites (tertiary alicyclic amines) is 1. The van der Waals surface area contributed by atoms with Crippen molar-refractivity contribution in [3.8, 4) is 0 Å². The Morgan fingerprint density at radius 3 is 2.25 bits per heavy atom. The Labute approximate surface area is 228 Å². The van der Waals surface area contributed by atoms with E-state index < -0.39 is 0 Å². The molecule has 2 amide bonds. The van der Waals surface area contributed by atoms with Crippen LogP contribution in [0.1, 0.15) is 34.3 Å². The Bertz CT molecular complexity index is 1270. The number of nitrogens with one attached hydrogen (secondary N) is 1. The molecule has 0 aliphatic carbocycles. The molecule has 1 heterocycles. The highest BCUT2D eigenvalue weighted by Crippen LogP contribution is 2.27. The van der Waals surface area contributed by atoms with E-state index in [1.807, 2.05) is 24.3 Å². The number of piperidine rings is 1. The molecule has 1 aliphatic rings. The Morgan fingerprint density at radius 1 is 0.944 bits per heavy atom. The summed E-state index contributed by atoms with van der Waals surface area (Å²) >= 11 is 15.4. The standard InChI is InChI=1S/C28H24BrCl2FN2O2/c29-22-6-4-19(5-7-22)26(20-2-1-3-25(32)14-20)16-27(35)34-10-8-18(9-11-34)17-33-28(36)21-12-23(30)15-24(31)13-21/h1-7,12-16,18H,8-11,17H2,(H,33,36). The summed E-state index contributed by atoms with van der Waals surface area (Å²) in [6, 6.07) is 18.6. The minimum atomic E-state index is -0.356. The Balaban J connectivity index is 1.39. The third-order valence-corrected chi connectivity index (χ3v) is 7.13. The van der Waals surface area contributed by atoms with Crippen molar-refractivity contribution in [1.82, 2.24) is 10.2 Å². The topological polar surface area (TPSA) is 49.4 Å². The van der Waals surface area contributed by atoms with Crippen molar-refractivity contribution >= 4 is 56.5 Å². The summed E-state index contributed by atoms with van der Waals surface area (Å²) in [5.41, 5.74) is 2.56. The molecule has 1 fully saturated rings. The molecule has 0 aromatic heterocycles. The summed E-state index contributed by atoms with van der Waals surface area (Å²) in [6.45, 7) is 1.67. The number of halogens is 4. The van der Waals surface area contributed by atoms with Gasteiger partial charge in [0.15, 0.2) is 0 Å². The van der Waals surface area contributed by atoms with Gasteiger partial charge in [0.1, 0.15) is 5.82 Å². The minimum absolute atomic E-state index is 0.117. The number of nitrogens with zero attached hydrogens (tertiary/aromatic N) is 1. The van der Waals surface area contributed by atoms with Gasteiger partial charge in [0.2, 0.25) is 5.91 Å². The van der Waals surface area contributed by atoms with E-state index >= 15 is 0 Å². The largest absolute Gasteiger partial charge is 0.352 e. The number of hydrogen-bond acceptors (Lipinski definition) is 2. The van der Waals surface area contributed by atoms with Crippen LogP contribution in [0.2, 0.25) is 10.0 Å². The third-order valence-electron chi connectivity index (χ3n) is 6.16. The highest BCUT2D eigenvalue weighted by molar-refractivity contribution is 9.10. The molecule has 1 saturated heterocycles. The van der Waals surface area contributed by atoms with E-state index in [0.29, 0.717) is 46.4 Å². The Morgan fingerprint density at radius 2 is 1.61 bits per heavy atom. The van der Waals surface area contributed by atoms with Gasteiger partial charge in [0.05, 0.1) is 0 Å². The monoisotopic (exact) mass is 588 g/mol. The van der Waals surface area contributed by atoms with Crippen LogP contribution in [0, 0.1) is 11.7 Å². The lowest BCUT2D eigenvalue weighted by atomic mass is 9.95. The second kappa shape index (κ2) is 12.0. The van der Waals surface area contributed by atoms with Gasteiger partial charge in [0, 0.05) is 45.8 Å². The van der Waals surface area contributed by atoms with Crippen LogP contribution in [0.3, 0.4) is 0 Å². The first-order valence-electron chi connectivity index (χ1n) is 11.6. The van der Waals surface area contributed by atoms with E-state index in [4.69, 9.17) is 23.2 Å². The van der Waals surface area contributed by atoms with E-state index in [1.165, 1.54) is 12.1 Å². The summed E-state index contributed by atoms with van der Waals surface area (Å²) in [5.74, 6) is -0.444. The van der Waals surface area contributed by atoms with Gasteiger partial charge >= 0.3 is 0 Å². The van der Waals surface area contributed by atoms with Crippen molar-refractivity contribution < 1.29 is 14.0 Å². The first kappa shape index (κ1) is 26.4. The second-order valence-electron chi connectivity index (χ2n) is 8.71. The van der Waals surface area contributed by atoms with E-state index in [1.54, 1.807) is 41.3 Å². The molecule has 0 saturated carbocycles. The molecular formula is C28H24BrCl2FN2O2. The average Bonchev–Trinajstić information content (AvgIpc) is 2.86. The zero-order valence-electron chi connectivity index (χ0n) is 19.3. The van der Waals surface area contributed by atoms with Gasteiger partial charge in [-0.05, 0) is 77.9 Å². The molecule has 3 aromatic carbocycles. The predicted octanol–water partition coefficient (Wildman–Crippen LogP) is 7.00. The highest BCUT2D eigenvalue weighted by Gasteiger charge is 2.23. The number of benzene rings is 3. The van der Waals surface area contributed by atoms with Crippen molar-refractivity contribution in [2.45, 2.75) is 12.8 Å². The quantitative estimate of drug-likeness (QED) is 0.315. The molecule has 1 aliphatic heterocycles. The molecule has 1 N–H and O–H groups in total. The SMILES string of the molecule is O=C(NCC1CCN(C(=O)C=C(c2ccc(Br)cc2)c2cccc(F)c2)CC1)c1cc(Cl)cc(Cl)c1. The Kier molecular flexibility index (Phi) is 8.83. The van der Waals surface area contributed by atoms with Crippen molar-refractivity contribution in [2.75, 3.05) is 19.6 Å². The molecule has 0 unspecified atom stereocenters. The normalized spacial score (nSPS) is 14.6. The molecule has 0 radical (unpaired) electrons. The van der Waals surface area contributed by atoms with Crippen LogP contribution in [-0.2, 0) is 4.79 Å². The van der Waals surface area contributed by atoms with Gasteiger partial charge in [0.25, 0.3) is 5.91 Å². The van der Waals surface area contributed by atoms with E-state index in [9.17, 15) is 14.0 Å². The fourth-order valence-electron chi connectivity index (χ4n) is 4.22. The van der Waals surface area contributed by atoms with Crippen molar-refractivity contribution in [1.29, 1.82) is 0 Å². The van der Waals surface area contributed by atoms with Crippen LogP contribution >= 0.6 is 39.1 Å². The van der Waals surface area contributed by atoms with Gasteiger partial charge in [-0.25, -0.2) is 4.39 Å². The molecule has 0 atom stereocenters. The number of carbonyl (C=O) groups excluding carboxylic acids is 2. The fourth-order valence-corrected chi connectivity index (χ4v) is 5.01. The first-order valence-corrected chi connectivity index (χ1v) is 13.1. The molecule has 4 rings (SSSR count). The maximum Gasteiger partial charge on any atom is 0.251 e. The van der Waals surface area contributed by atoms with Crippen LogP contribution in [0.15, 0.2) is 77.3 Å². The Hall–Kier alpha value is -2.67. The van der Waals surface area contributed by atoms with E-state index in [2.05, 4.69) is 21.2 Å². The van der Waals surface area contributed by atoms with Gasteiger partial charge in [-0.1, -0.05) is 63.4 Å². The third kappa shape index (κ3) is 6.96. The van der Waals surface area contributed by atoms with Crippen LogP contribution in [-0.4, -0.2) is 36.3 Å². The summed E-state index contributed by atoms with van der Waals surface area (Å²) in [7, 11) is 0. The van der Waals surface area contributed by atoms with Crippen LogP contribution in [0.25, 0.3) is 5.57 Å². The van der Waals surface area contributed by atoms with Gasteiger partial charge < -0.3 is 10.2 Å². The molecule has 0 spiro atoms. The number of carbonyl (C=O) groups is 2. The number of rotatable bonds is 6. The van der Waals surface area contributed by atoms with Gasteiger partial charge in [-0.2, -0.15) is 0 Å². The maximum absolute atomic E-state index is 13.9. The van der Waals surface area contributed by atoms with Crippen LogP contribution < -0.4 is 5.32 Å². The summed E-state index contributed by atoms with van der Waals surface area (Å²) < 4.78 is 14.9. The van der Waals surface area contributed by atoms with Crippen LogP contribution in [0.5, 0.6) is 0 Å². The first-order chi connectivity index (χ1) is 17.3. The smallest absolute Gasteiger partial charge is 0.251 e. The molecule has 8 heteroatoms. The molecule has 36 heavy (non-hydrogen) atoms. The molecule has 186 valence electrons. The summed E-state index contributed by atoms with van der Waals surface area (Å²) in [6.07, 6.45) is 3.12. The van der Waals surface area contributed by atoms with E-state index in [0.717, 1.165) is 22.9 Å². The number of amides is 2. The average molecular weight is 590 g/mol. The van der Waals surface area contributed by atoms with Crippen molar-refractivity contribution in [2.24, 2.45) is 5.92 Å². The zero-order valence-corrected chi connectivity index (χ0v) is 22.4. The van der Waals surface area contributed by atoms with Crippen molar-refractivity contribution in [3.63, 3.8) is 0 Å². The molecule has 3 aromatic rings. The van der Waals surface area contributed by atoms with Crippen molar-refractivity contribution in [3.05, 3.63) is 110 Å². The highest BCUT2D eigenvalue weighted by atomic mass is 79.9. The zero-order chi connectivity index (χ0) is 25.7. The lowest BCUT2D eigenvalue weighted by Crippen LogP contribution is -2.41. The fraction of sp³-hybridized carbons (Fsp3) is 0.214.